The van der Waals surface area contributed by atoms with E-state index in [0.717, 1.165) is 12.8 Å². The molecule has 0 saturated heterocycles. The van der Waals surface area contributed by atoms with Crippen molar-refractivity contribution in [1.29, 1.82) is 0 Å². The number of rotatable bonds is 5. The Hall–Kier alpha value is -0.0800. The lowest BCUT2D eigenvalue weighted by Gasteiger charge is -2.43. The summed E-state index contributed by atoms with van der Waals surface area (Å²) in [6.07, 6.45) is 1.79. The van der Waals surface area contributed by atoms with Crippen LogP contribution in [0.15, 0.2) is 0 Å². The first-order valence-electron chi connectivity index (χ1n) is 6.15. The zero-order chi connectivity index (χ0) is 13.4. The lowest BCUT2D eigenvalue weighted by Crippen LogP contribution is -2.43. The molecule has 0 aliphatic rings. The van der Waals surface area contributed by atoms with Crippen molar-refractivity contribution in [3.63, 3.8) is 0 Å². The van der Waals surface area contributed by atoms with Crippen molar-refractivity contribution in [2.45, 2.75) is 79.4 Å². The molecule has 0 fully saturated rings. The third kappa shape index (κ3) is 3.74. The maximum atomic E-state index is 10.1. The minimum atomic E-state index is -0.692. The smallest absolute Gasteiger partial charge is 0.0642 e. The summed E-state index contributed by atoms with van der Waals surface area (Å²) in [5, 5.41) is 20.2. The highest BCUT2D eigenvalue weighted by molar-refractivity contribution is 4.91. The van der Waals surface area contributed by atoms with Crippen LogP contribution in [0.2, 0.25) is 0 Å². The van der Waals surface area contributed by atoms with Crippen LogP contribution in [0, 0.1) is 10.8 Å². The van der Waals surface area contributed by atoms with Crippen LogP contribution >= 0.6 is 0 Å². The molecular weight excluding hydrogens is 200 g/mol. The predicted octanol–water partition coefficient (Wildman–Crippen LogP) is 3.36. The van der Waals surface area contributed by atoms with Crippen molar-refractivity contribution in [2.75, 3.05) is 0 Å². The Morgan fingerprint density at radius 1 is 0.562 bits per heavy atom. The fraction of sp³-hybridized carbons (Fsp3) is 1.00. The van der Waals surface area contributed by atoms with Crippen LogP contribution in [0.25, 0.3) is 0 Å². The molecular formula is C14H30O2. The largest absolute Gasteiger partial charge is 0.390 e. The molecule has 0 aliphatic carbocycles. The van der Waals surface area contributed by atoms with E-state index in [1.807, 2.05) is 27.7 Å². The van der Waals surface area contributed by atoms with Crippen molar-refractivity contribution in [3.05, 3.63) is 0 Å². The summed E-state index contributed by atoms with van der Waals surface area (Å²) in [6, 6.07) is 0. The molecule has 0 radical (unpaired) electrons. The molecule has 0 aromatic heterocycles. The molecule has 2 heteroatoms. The normalized spacial score (nSPS) is 15.4. The van der Waals surface area contributed by atoms with E-state index in [1.54, 1.807) is 0 Å². The van der Waals surface area contributed by atoms with Gasteiger partial charge in [-0.05, 0) is 51.4 Å². The lowest BCUT2D eigenvalue weighted by atomic mass is 9.67. The van der Waals surface area contributed by atoms with Gasteiger partial charge in [-0.25, -0.2) is 0 Å². The van der Waals surface area contributed by atoms with Gasteiger partial charge in [0, 0.05) is 0 Å². The van der Waals surface area contributed by atoms with Crippen LogP contribution in [-0.4, -0.2) is 21.4 Å². The molecule has 0 bridgehead atoms. The van der Waals surface area contributed by atoms with Crippen LogP contribution in [0.5, 0.6) is 0 Å². The Balaban J connectivity index is 4.59. The fourth-order valence-corrected chi connectivity index (χ4v) is 1.24. The molecule has 0 atom stereocenters. The first kappa shape index (κ1) is 15.9. The zero-order valence-electron chi connectivity index (χ0n) is 12.3. The Morgan fingerprint density at radius 3 is 0.875 bits per heavy atom. The molecule has 0 amide bonds. The fourth-order valence-electron chi connectivity index (χ4n) is 1.24. The summed E-state index contributed by atoms with van der Waals surface area (Å²) in [6.45, 7) is 15.7. The van der Waals surface area contributed by atoms with E-state index in [0.29, 0.717) is 0 Å². The molecule has 0 rings (SSSR count). The summed E-state index contributed by atoms with van der Waals surface area (Å²) in [4.78, 5) is 0. The van der Waals surface area contributed by atoms with Gasteiger partial charge >= 0.3 is 0 Å². The minimum absolute atomic E-state index is 0.143. The Kier molecular flexibility index (Phi) is 4.28. The molecule has 0 aromatic rings. The van der Waals surface area contributed by atoms with Gasteiger partial charge in [0.05, 0.1) is 11.2 Å². The highest BCUT2D eigenvalue weighted by Gasteiger charge is 2.40. The standard InChI is InChI=1S/C14H30O2/c1-11(2,13(5,6)15)9-10-12(3,4)14(7,8)16/h15-16H,9-10H2,1-8H3. The van der Waals surface area contributed by atoms with Gasteiger partial charge < -0.3 is 10.2 Å². The average molecular weight is 230 g/mol. The van der Waals surface area contributed by atoms with E-state index in [-0.39, 0.29) is 10.8 Å². The second-order valence-electron chi connectivity index (χ2n) is 7.39. The SMILES string of the molecule is CC(C)(O)C(C)(C)CCC(C)(C)C(C)(C)O. The maximum absolute atomic E-state index is 10.1. The first-order valence-corrected chi connectivity index (χ1v) is 6.15. The third-order valence-electron chi connectivity index (χ3n) is 4.69. The minimum Gasteiger partial charge on any atom is -0.390 e. The Labute approximate surface area is 101 Å². The second-order valence-corrected chi connectivity index (χ2v) is 7.39. The van der Waals surface area contributed by atoms with Gasteiger partial charge in [-0.15, -0.1) is 0 Å². The molecule has 16 heavy (non-hydrogen) atoms. The molecule has 98 valence electrons. The summed E-state index contributed by atoms with van der Waals surface area (Å²) >= 11 is 0. The van der Waals surface area contributed by atoms with Gasteiger partial charge in [-0.3, -0.25) is 0 Å². The van der Waals surface area contributed by atoms with Gasteiger partial charge in [0.25, 0.3) is 0 Å². The summed E-state index contributed by atoms with van der Waals surface area (Å²) in [7, 11) is 0. The topological polar surface area (TPSA) is 40.5 Å². The molecule has 0 unspecified atom stereocenters. The van der Waals surface area contributed by atoms with Gasteiger partial charge in [0.1, 0.15) is 0 Å². The monoisotopic (exact) mass is 230 g/mol. The molecule has 0 aliphatic heterocycles. The van der Waals surface area contributed by atoms with E-state index in [1.165, 1.54) is 0 Å². The molecule has 2 nitrogen and oxygen atoms in total. The van der Waals surface area contributed by atoms with Crippen molar-refractivity contribution in [2.24, 2.45) is 10.8 Å². The first-order chi connectivity index (χ1) is 6.71. The Bertz CT molecular complexity index is 200. The van der Waals surface area contributed by atoms with E-state index in [2.05, 4.69) is 27.7 Å². The number of hydrogen-bond acceptors (Lipinski definition) is 2. The van der Waals surface area contributed by atoms with Crippen molar-refractivity contribution in [1.82, 2.24) is 0 Å². The third-order valence-corrected chi connectivity index (χ3v) is 4.69. The van der Waals surface area contributed by atoms with Gasteiger partial charge in [-0.1, -0.05) is 27.7 Å². The van der Waals surface area contributed by atoms with Gasteiger partial charge in [0.2, 0.25) is 0 Å². The molecule has 2 N–H and O–H groups in total. The number of aliphatic hydroxyl groups is 2. The Morgan fingerprint density at radius 2 is 0.750 bits per heavy atom. The van der Waals surface area contributed by atoms with Crippen LogP contribution in [-0.2, 0) is 0 Å². The molecule has 0 aromatic carbocycles. The second kappa shape index (κ2) is 4.30. The van der Waals surface area contributed by atoms with Gasteiger partial charge in [-0.2, -0.15) is 0 Å². The number of hydrogen-bond donors (Lipinski definition) is 2. The van der Waals surface area contributed by atoms with Crippen molar-refractivity contribution >= 4 is 0 Å². The predicted molar refractivity (Wildman–Crippen MR) is 69.4 cm³/mol. The molecule has 0 spiro atoms. The average Bonchev–Trinajstić information content (AvgIpc) is 1.97. The summed E-state index contributed by atoms with van der Waals surface area (Å²) < 4.78 is 0. The zero-order valence-corrected chi connectivity index (χ0v) is 12.3. The van der Waals surface area contributed by atoms with Crippen molar-refractivity contribution in [3.8, 4) is 0 Å². The quantitative estimate of drug-likeness (QED) is 0.760. The van der Waals surface area contributed by atoms with Crippen LogP contribution < -0.4 is 0 Å². The van der Waals surface area contributed by atoms with Crippen molar-refractivity contribution < 1.29 is 10.2 Å². The molecule has 0 heterocycles. The highest BCUT2D eigenvalue weighted by Crippen LogP contribution is 2.42. The lowest BCUT2D eigenvalue weighted by molar-refractivity contribution is -0.0721. The summed E-state index contributed by atoms with van der Waals surface area (Å²) in [5.74, 6) is 0. The maximum Gasteiger partial charge on any atom is 0.0642 e. The van der Waals surface area contributed by atoms with Gasteiger partial charge in [0.15, 0.2) is 0 Å². The van der Waals surface area contributed by atoms with E-state index >= 15 is 0 Å². The van der Waals surface area contributed by atoms with E-state index in [4.69, 9.17) is 0 Å². The van der Waals surface area contributed by atoms with Crippen LogP contribution in [0.4, 0.5) is 0 Å². The summed E-state index contributed by atoms with van der Waals surface area (Å²) in [5.41, 5.74) is -1.67. The van der Waals surface area contributed by atoms with Crippen LogP contribution in [0.3, 0.4) is 0 Å². The van der Waals surface area contributed by atoms with E-state index in [9.17, 15) is 10.2 Å². The van der Waals surface area contributed by atoms with E-state index < -0.39 is 11.2 Å². The molecule has 0 saturated carbocycles. The van der Waals surface area contributed by atoms with Crippen LogP contribution in [0.1, 0.15) is 68.2 Å². The highest BCUT2D eigenvalue weighted by atomic mass is 16.3.